The highest BCUT2D eigenvalue weighted by molar-refractivity contribution is 5.46. The lowest BCUT2D eigenvalue weighted by Gasteiger charge is -2.21. The molecule has 1 saturated carbocycles. The number of hydrogen-bond donors (Lipinski definition) is 0. The highest BCUT2D eigenvalue weighted by atomic mass is 16.5. The molecule has 1 atom stereocenters. The van der Waals surface area contributed by atoms with Crippen LogP contribution in [0.2, 0.25) is 0 Å². The van der Waals surface area contributed by atoms with E-state index in [1.807, 2.05) is 30.9 Å². The van der Waals surface area contributed by atoms with Crippen molar-refractivity contribution in [2.24, 2.45) is 0 Å². The van der Waals surface area contributed by atoms with E-state index in [9.17, 15) is 0 Å². The first kappa shape index (κ1) is 18.5. The van der Waals surface area contributed by atoms with Crippen LogP contribution in [0, 0.1) is 0 Å². The third-order valence-electron chi connectivity index (χ3n) is 5.48. The minimum absolute atomic E-state index is 0.210. The van der Waals surface area contributed by atoms with Gasteiger partial charge in [-0.25, -0.2) is 0 Å². The fourth-order valence-corrected chi connectivity index (χ4v) is 3.97. The van der Waals surface area contributed by atoms with E-state index in [2.05, 4.69) is 46.4 Å². The molecule has 0 bridgehead atoms. The maximum Gasteiger partial charge on any atom is 0.161 e. The topological polar surface area (TPSA) is 44.2 Å². The summed E-state index contributed by atoms with van der Waals surface area (Å²) in [6.45, 7) is 0. The van der Waals surface area contributed by atoms with Gasteiger partial charge in [0, 0.05) is 30.7 Å². The van der Waals surface area contributed by atoms with Crippen molar-refractivity contribution in [1.82, 2.24) is 9.97 Å². The van der Waals surface area contributed by atoms with Gasteiger partial charge in [-0.15, -0.1) is 0 Å². The Bertz CT molecular complexity index is 878. The molecular formula is C24H26N2O2. The summed E-state index contributed by atoms with van der Waals surface area (Å²) in [7, 11) is 1.70. The summed E-state index contributed by atoms with van der Waals surface area (Å²) >= 11 is 0. The minimum Gasteiger partial charge on any atom is -0.493 e. The highest BCUT2D eigenvalue weighted by Gasteiger charge is 2.21. The molecule has 4 rings (SSSR count). The van der Waals surface area contributed by atoms with E-state index in [4.69, 9.17) is 9.47 Å². The van der Waals surface area contributed by atoms with Gasteiger partial charge in [-0.2, -0.15) is 0 Å². The molecule has 28 heavy (non-hydrogen) atoms. The van der Waals surface area contributed by atoms with Crippen LogP contribution in [-0.2, 0) is 6.42 Å². The van der Waals surface area contributed by atoms with Crippen molar-refractivity contribution in [2.75, 3.05) is 7.11 Å². The first-order chi connectivity index (χ1) is 13.8. The normalized spacial score (nSPS) is 15.3. The second-order valence-corrected chi connectivity index (χ2v) is 7.33. The minimum atomic E-state index is 0.210. The van der Waals surface area contributed by atoms with Crippen molar-refractivity contribution < 1.29 is 9.47 Å². The molecule has 144 valence electrons. The number of hydrogen-bond acceptors (Lipinski definition) is 4. The van der Waals surface area contributed by atoms with Gasteiger partial charge in [0.25, 0.3) is 0 Å². The standard InChI is InChI=1S/C24H26N2O2/c1-27-23-7-6-20(17-24(23)28-21-4-2-3-5-21)22(19-10-14-26-15-11-19)16-18-8-12-25-13-9-18/h6-15,17,21-22H,2-5,16H2,1H3/t22-/m0/s1. The molecular weight excluding hydrogens is 348 g/mol. The molecule has 0 amide bonds. The summed E-state index contributed by atoms with van der Waals surface area (Å²) in [5.74, 6) is 1.86. The molecule has 4 heteroatoms. The second-order valence-electron chi connectivity index (χ2n) is 7.33. The molecule has 1 aliphatic rings. The van der Waals surface area contributed by atoms with Gasteiger partial charge in [-0.3, -0.25) is 9.97 Å². The average molecular weight is 374 g/mol. The van der Waals surface area contributed by atoms with Crippen LogP contribution in [0.3, 0.4) is 0 Å². The summed E-state index contributed by atoms with van der Waals surface area (Å²) in [6, 6.07) is 14.7. The SMILES string of the molecule is COc1ccc([C@@H](Cc2ccncc2)c2ccncc2)cc1OC1CCCC1. The lowest BCUT2D eigenvalue weighted by Crippen LogP contribution is -2.12. The maximum atomic E-state index is 6.33. The highest BCUT2D eigenvalue weighted by Crippen LogP contribution is 2.37. The zero-order chi connectivity index (χ0) is 19.2. The van der Waals surface area contributed by atoms with Crippen molar-refractivity contribution in [3.63, 3.8) is 0 Å². The van der Waals surface area contributed by atoms with Gasteiger partial charge in [-0.1, -0.05) is 6.07 Å². The molecule has 0 saturated heterocycles. The van der Waals surface area contributed by atoms with Crippen molar-refractivity contribution in [1.29, 1.82) is 0 Å². The van der Waals surface area contributed by atoms with Crippen molar-refractivity contribution >= 4 is 0 Å². The fraction of sp³-hybridized carbons (Fsp3) is 0.333. The number of nitrogens with zero attached hydrogens (tertiary/aromatic N) is 2. The Labute approximate surface area is 166 Å². The predicted octanol–water partition coefficient (Wildman–Crippen LogP) is 5.18. The third kappa shape index (κ3) is 4.33. The second kappa shape index (κ2) is 8.87. The zero-order valence-corrected chi connectivity index (χ0v) is 16.3. The lowest BCUT2D eigenvalue weighted by molar-refractivity contribution is 0.200. The Kier molecular flexibility index (Phi) is 5.86. The molecule has 1 fully saturated rings. The largest absolute Gasteiger partial charge is 0.493 e. The average Bonchev–Trinajstić information content (AvgIpc) is 3.26. The summed E-state index contributed by atoms with van der Waals surface area (Å²) in [4.78, 5) is 8.33. The molecule has 0 aliphatic heterocycles. The molecule has 0 N–H and O–H groups in total. The molecule has 3 aromatic rings. The van der Waals surface area contributed by atoms with Gasteiger partial charge in [0.15, 0.2) is 11.5 Å². The van der Waals surface area contributed by atoms with Crippen molar-refractivity contribution in [3.8, 4) is 11.5 Å². The van der Waals surface area contributed by atoms with Crippen LogP contribution in [0.1, 0.15) is 48.3 Å². The molecule has 1 aliphatic carbocycles. The summed E-state index contributed by atoms with van der Waals surface area (Å²) in [5, 5.41) is 0. The molecule has 1 aromatic carbocycles. The Hall–Kier alpha value is -2.88. The van der Waals surface area contributed by atoms with Gasteiger partial charge in [0.05, 0.1) is 13.2 Å². The van der Waals surface area contributed by atoms with E-state index in [1.54, 1.807) is 7.11 Å². The van der Waals surface area contributed by atoms with Crippen LogP contribution >= 0.6 is 0 Å². The van der Waals surface area contributed by atoms with E-state index >= 15 is 0 Å². The molecule has 0 radical (unpaired) electrons. The number of ether oxygens (including phenoxy) is 2. The Morgan fingerprint density at radius 1 is 0.857 bits per heavy atom. The molecule has 0 spiro atoms. The quantitative estimate of drug-likeness (QED) is 0.571. The van der Waals surface area contributed by atoms with Gasteiger partial charge in [-0.05, 0) is 85.2 Å². The van der Waals surface area contributed by atoms with Crippen LogP contribution in [0.5, 0.6) is 11.5 Å². The molecule has 0 unspecified atom stereocenters. The Morgan fingerprint density at radius 2 is 1.54 bits per heavy atom. The summed E-state index contributed by atoms with van der Waals surface area (Å²) in [6.07, 6.45) is 13.3. The number of rotatable bonds is 7. The summed E-state index contributed by atoms with van der Waals surface area (Å²) < 4.78 is 11.9. The molecule has 2 aromatic heterocycles. The Balaban J connectivity index is 1.68. The van der Waals surface area contributed by atoms with Crippen LogP contribution in [-0.4, -0.2) is 23.2 Å². The maximum absolute atomic E-state index is 6.33. The van der Waals surface area contributed by atoms with E-state index in [0.29, 0.717) is 6.10 Å². The van der Waals surface area contributed by atoms with Gasteiger partial charge < -0.3 is 9.47 Å². The van der Waals surface area contributed by atoms with Crippen LogP contribution in [0.15, 0.2) is 67.3 Å². The summed E-state index contributed by atoms with van der Waals surface area (Å²) in [5.41, 5.74) is 3.71. The van der Waals surface area contributed by atoms with E-state index < -0.39 is 0 Å². The van der Waals surface area contributed by atoms with Gasteiger partial charge in [0.2, 0.25) is 0 Å². The van der Waals surface area contributed by atoms with E-state index in [1.165, 1.54) is 29.5 Å². The van der Waals surface area contributed by atoms with E-state index in [-0.39, 0.29) is 5.92 Å². The number of aromatic nitrogens is 2. The molecule has 4 nitrogen and oxygen atoms in total. The monoisotopic (exact) mass is 374 g/mol. The van der Waals surface area contributed by atoms with E-state index in [0.717, 1.165) is 30.8 Å². The smallest absolute Gasteiger partial charge is 0.161 e. The van der Waals surface area contributed by atoms with Gasteiger partial charge >= 0.3 is 0 Å². The van der Waals surface area contributed by atoms with Crippen molar-refractivity contribution in [3.05, 3.63) is 83.9 Å². The first-order valence-corrected chi connectivity index (χ1v) is 9.97. The number of pyridine rings is 2. The van der Waals surface area contributed by atoms with Gasteiger partial charge in [0.1, 0.15) is 0 Å². The first-order valence-electron chi connectivity index (χ1n) is 9.97. The molecule has 2 heterocycles. The number of benzene rings is 1. The Morgan fingerprint density at radius 3 is 2.21 bits per heavy atom. The van der Waals surface area contributed by atoms with Crippen molar-refractivity contribution in [2.45, 2.75) is 44.1 Å². The lowest BCUT2D eigenvalue weighted by atomic mass is 9.86. The zero-order valence-electron chi connectivity index (χ0n) is 16.3. The van der Waals surface area contributed by atoms with Crippen LogP contribution in [0.25, 0.3) is 0 Å². The predicted molar refractivity (Wildman–Crippen MR) is 110 cm³/mol. The van der Waals surface area contributed by atoms with Crippen LogP contribution in [0.4, 0.5) is 0 Å². The fourth-order valence-electron chi connectivity index (χ4n) is 3.97. The number of methoxy groups -OCH3 is 1. The third-order valence-corrected chi connectivity index (χ3v) is 5.48. The van der Waals surface area contributed by atoms with Crippen LogP contribution < -0.4 is 9.47 Å².